The Balaban J connectivity index is 2.30. The number of hydrogen-bond donors (Lipinski definition) is 3. The van der Waals surface area contributed by atoms with Gasteiger partial charge in [0, 0.05) is 13.1 Å². The Hall–Kier alpha value is -1.79. The van der Waals surface area contributed by atoms with Gasteiger partial charge in [0.1, 0.15) is 6.04 Å². The van der Waals surface area contributed by atoms with Crippen LogP contribution in [0, 0.1) is 0 Å². The molecule has 1 atom stereocenters. The fraction of sp³-hybridized carbons (Fsp3) is 0.769. The van der Waals surface area contributed by atoms with Crippen molar-refractivity contribution in [1.82, 2.24) is 15.5 Å². The number of unbranched alkanes of at least 4 members (excludes halogenated alkanes) is 1. The summed E-state index contributed by atoms with van der Waals surface area (Å²) >= 11 is 0. The van der Waals surface area contributed by atoms with Crippen LogP contribution in [0.15, 0.2) is 0 Å². The number of nitrogens with zero attached hydrogens (tertiary/aromatic N) is 1. The fourth-order valence-corrected chi connectivity index (χ4v) is 2.11. The van der Waals surface area contributed by atoms with E-state index in [0.717, 1.165) is 38.8 Å². The molecule has 1 rings (SSSR count). The minimum absolute atomic E-state index is 0.0913. The number of rotatable bonds is 7. The van der Waals surface area contributed by atoms with Crippen LogP contribution in [0.2, 0.25) is 0 Å². The molecule has 3 amide bonds. The SMILES string of the molecule is CCCCC(NC(=O)NCC(=O)N1CCCC1)C(=O)O. The summed E-state index contributed by atoms with van der Waals surface area (Å²) in [4.78, 5) is 36.0. The molecule has 3 N–H and O–H groups in total. The van der Waals surface area contributed by atoms with Crippen LogP contribution < -0.4 is 10.6 Å². The van der Waals surface area contributed by atoms with Crippen LogP contribution in [0.5, 0.6) is 0 Å². The Bertz CT molecular complexity index is 354. The quantitative estimate of drug-likeness (QED) is 0.636. The molecule has 0 radical (unpaired) electrons. The van der Waals surface area contributed by atoms with Crippen LogP contribution in [-0.4, -0.2) is 53.6 Å². The van der Waals surface area contributed by atoms with E-state index < -0.39 is 18.0 Å². The first-order valence-electron chi connectivity index (χ1n) is 7.09. The largest absolute Gasteiger partial charge is 0.480 e. The average molecular weight is 285 g/mol. The summed E-state index contributed by atoms with van der Waals surface area (Å²) in [5, 5.41) is 13.8. The number of carbonyl (C=O) groups is 3. The van der Waals surface area contributed by atoms with Crippen molar-refractivity contribution in [3.8, 4) is 0 Å². The van der Waals surface area contributed by atoms with Crippen molar-refractivity contribution in [2.24, 2.45) is 0 Å². The number of urea groups is 1. The van der Waals surface area contributed by atoms with E-state index in [0.29, 0.717) is 6.42 Å². The second-order valence-corrected chi connectivity index (χ2v) is 4.95. The first-order chi connectivity index (χ1) is 9.54. The molecule has 0 aromatic rings. The van der Waals surface area contributed by atoms with E-state index >= 15 is 0 Å². The van der Waals surface area contributed by atoms with Gasteiger partial charge in [-0.15, -0.1) is 0 Å². The van der Waals surface area contributed by atoms with Gasteiger partial charge >= 0.3 is 12.0 Å². The van der Waals surface area contributed by atoms with Crippen LogP contribution in [-0.2, 0) is 9.59 Å². The summed E-state index contributed by atoms with van der Waals surface area (Å²) in [5.41, 5.74) is 0. The van der Waals surface area contributed by atoms with Crippen molar-refractivity contribution >= 4 is 17.9 Å². The maximum Gasteiger partial charge on any atom is 0.326 e. The van der Waals surface area contributed by atoms with Gasteiger partial charge < -0.3 is 20.6 Å². The van der Waals surface area contributed by atoms with Gasteiger partial charge in [0.25, 0.3) is 0 Å². The van der Waals surface area contributed by atoms with Crippen molar-refractivity contribution in [2.75, 3.05) is 19.6 Å². The van der Waals surface area contributed by atoms with Crippen molar-refractivity contribution in [3.63, 3.8) is 0 Å². The zero-order chi connectivity index (χ0) is 15.0. The normalized spacial score (nSPS) is 15.8. The van der Waals surface area contributed by atoms with Gasteiger partial charge in [-0.1, -0.05) is 19.8 Å². The van der Waals surface area contributed by atoms with Crippen molar-refractivity contribution < 1.29 is 19.5 Å². The molecule has 0 aliphatic carbocycles. The first-order valence-corrected chi connectivity index (χ1v) is 7.09. The minimum Gasteiger partial charge on any atom is -0.480 e. The van der Waals surface area contributed by atoms with Gasteiger partial charge in [-0.2, -0.15) is 0 Å². The molecular formula is C13H23N3O4. The Morgan fingerprint density at radius 2 is 1.90 bits per heavy atom. The number of hydrogen-bond acceptors (Lipinski definition) is 3. The van der Waals surface area contributed by atoms with Gasteiger partial charge in [0.2, 0.25) is 5.91 Å². The predicted octanol–water partition coefficient (Wildman–Crippen LogP) is 0.551. The summed E-state index contributed by atoms with van der Waals surface area (Å²) in [5.74, 6) is -1.18. The lowest BCUT2D eigenvalue weighted by Crippen LogP contribution is -2.48. The zero-order valence-corrected chi connectivity index (χ0v) is 11.9. The lowest BCUT2D eigenvalue weighted by Gasteiger charge is -2.17. The molecule has 1 heterocycles. The highest BCUT2D eigenvalue weighted by Crippen LogP contribution is 2.06. The smallest absolute Gasteiger partial charge is 0.326 e. The third kappa shape index (κ3) is 5.46. The molecule has 1 saturated heterocycles. The molecule has 0 bridgehead atoms. The van der Waals surface area contributed by atoms with Crippen LogP contribution in [0.4, 0.5) is 4.79 Å². The molecule has 1 unspecified atom stereocenters. The van der Waals surface area contributed by atoms with E-state index in [1.165, 1.54) is 0 Å². The first kappa shape index (κ1) is 16.3. The lowest BCUT2D eigenvalue weighted by atomic mass is 10.1. The van der Waals surface area contributed by atoms with Gasteiger partial charge in [-0.05, 0) is 19.3 Å². The Labute approximate surface area is 118 Å². The number of aliphatic carboxylic acids is 1. The average Bonchev–Trinajstić information content (AvgIpc) is 2.94. The molecule has 7 heteroatoms. The Morgan fingerprint density at radius 3 is 2.45 bits per heavy atom. The van der Waals surface area contributed by atoms with Crippen molar-refractivity contribution in [3.05, 3.63) is 0 Å². The van der Waals surface area contributed by atoms with Gasteiger partial charge in [-0.3, -0.25) is 4.79 Å². The Morgan fingerprint density at radius 1 is 1.25 bits per heavy atom. The Kier molecular flexibility index (Phi) is 6.83. The number of carboxylic acids is 1. The second-order valence-electron chi connectivity index (χ2n) is 4.95. The molecule has 0 aromatic heterocycles. The highest BCUT2D eigenvalue weighted by Gasteiger charge is 2.21. The molecule has 0 saturated carbocycles. The molecular weight excluding hydrogens is 262 g/mol. The summed E-state index contributed by atoms with van der Waals surface area (Å²) in [6.07, 6.45) is 3.97. The summed E-state index contributed by atoms with van der Waals surface area (Å²) < 4.78 is 0. The van der Waals surface area contributed by atoms with Crippen LogP contribution in [0.1, 0.15) is 39.0 Å². The van der Waals surface area contributed by atoms with Crippen LogP contribution in [0.25, 0.3) is 0 Å². The maximum atomic E-state index is 11.7. The number of likely N-dealkylation sites (tertiary alicyclic amines) is 1. The highest BCUT2D eigenvalue weighted by molar-refractivity contribution is 5.86. The molecule has 0 aromatic carbocycles. The molecule has 114 valence electrons. The number of carbonyl (C=O) groups excluding carboxylic acids is 2. The highest BCUT2D eigenvalue weighted by atomic mass is 16.4. The van der Waals surface area contributed by atoms with E-state index in [2.05, 4.69) is 10.6 Å². The second kappa shape index (κ2) is 8.39. The van der Waals surface area contributed by atoms with Gasteiger partial charge in [0.05, 0.1) is 6.54 Å². The van der Waals surface area contributed by atoms with E-state index in [4.69, 9.17) is 5.11 Å². The van der Waals surface area contributed by atoms with Gasteiger partial charge in [-0.25, -0.2) is 9.59 Å². The predicted molar refractivity (Wildman–Crippen MR) is 73.3 cm³/mol. The molecule has 1 aliphatic rings. The molecule has 1 fully saturated rings. The standard InChI is InChI=1S/C13H23N3O4/c1-2-3-6-10(12(18)19)15-13(20)14-9-11(17)16-7-4-5-8-16/h10H,2-9H2,1H3,(H,18,19)(H2,14,15,20). The van der Waals surface area contributed by atoms with E-state index in [-0.39, 0.29) is 12.5 Å². The molecule has 0 spiro atoms. The van der Waals surface area contributed by atoms with E-state index in [1.807, 2.05) is 6.92 Å². The van der Waals surface area contributed by atoms with Gasteiger partial charge in [0.15, 0.2) is 0 Å². The van der Waals surface area contributed by atoms with Crippen molar-refractivity contribution in [1.29, 1.82) is 0 Å². The monoisotopic (exact) mass is 285 g/mol. The summed E-state index contributed by atoms with van der Waals surface area (Å²) in [6, 6.07) is -1.52. The molecule has 1 aliphatic heterocycles. The third-order valence-electron chi connectivity index (χ3n) is 3.31. The van der Waals surface area contributed by atoms with Crippen LogP contribution in [0.3, 0.4) is 0 Å². The molecule has 20 heavy (non-hydrogen) atoms. The van der Waals surface area contributed by atoms with E-state index in [9.17, 15) is 14.4 Å². The lowest BCUT2D eigenvalue weighted by molar-refractivity contribution is -0.139. The van der Waals surface area contributed by atoms with E-state index in [1.54, 1.807) is 4.90 Å². The fourth-order valence-electron chi connectivity index (χ4n) is 2.11. The van der Waals surface area contributed by atoms with Crippen LogP contribution >= 0.6 is 0 Å². The number of carboxylic acid groups (broad SMARTS) is 1. The topological polar surface area (TPSA) is 98.7 Å². The summed E-state index contributed by atoms with van der Waals surface area (Å²) in [6.45, 7) is 3.33. The van der Waals surface area contributed by atoms with Crippen molar-refractivity contribution in [2.45, 2.75) is 45.1 Å². The zero-order valence-electron chi connectivity index (χ0n) is 11.9. The number of amides is 3. The summed E-state index contributed by atoms with van der Waals surface area (Å²) in [7, 11) is 0. The third-order valence-corrected chi connectivity index (χ3v) is 3.31. The maximum absolute atomic E-state index is 11.7. The molecule has 7 nitrogen and oxygen atoms in total. The number of nitrogens with one attached hydrogen (secondary N) is 2. The minimum atomic E-state index is -1.06.